The molecule has 62 valence electrons. The molecule has 0 unspecified atom stereocenters. The Hall–Kier alpha value is 0.669. The van der Waals surface area contributed by atoms with Crippen LogP contribution in [0.2, 0.25) is 9.88 Å². The number of halogens is 1. The minimum atomic E-state index is -2.86. The van der Waals surface area contributed by atoms with E-state index in [1.165, 1.54) is 0 Å². The average Bonchev–Trinajstić information content (AvgIpc) is 1.65. The van der Waals surface area contributed by atoms with Crippen LogP contribution >= 0.6 is 11.6 Å². The molecule has 0 aliphatic rings. The fourth-order valence-corrected chi connectivity index (χ4v) is 0. The van der Waals surface area contributed by atoms with Crippen molar-refractivity contribution in [3.8, 4) is 0 Å². The van der Waals surface area contributed by atoms with Crippen LogP contribution in [0.15, 0.2) is 0 Å². The number of hydrogen-bond acceptors (Lipinski definition) is 4. The molecule has 0 aliphatic heterocycles. The minimum absolute atomic E-state index is 0.110. The van der Waals surface area contributed by atoms with Crippen LogP contribution in [-0.4, -0.2) is 31.4 Å². The molecule has 0 amide bonds. The molecule has 10 heavy (non-hydrogen) atoms. The number of hydrogen-bond donors (Lipinski definition) is 1. The van der Waals surface area contributed by atoms with Crippen LogP contribution in [0, 0.1) is 0 Å². The summed E-state index contributed by atoms with van der Waals surface area (Å²) in [6.07, 6.45) is 0. The molecule has 0 atom stereocenters. The quantitative estimate of drug-likeness (QED) is 0.178. The molecule has 0 fully saturated rings. The Morgan fingerprint density at radius 3 is 1.50 bits per heavy atom. The predicted octanol–water partition coefficient (Wildman–Crippen LogP) is 0.703. The van der Waals surface area contributed by atoms with Crippen molar-refractivity contribution >= 4 is 49.5 Å². The SMILES string of the molecule is O=CCl.O=[S-](=O)O.[CH3][SnH+][CH3]. The molecule has 0 aliphatic carbocycles. The molecule has 1 N–H and O–H groups in total. The number of carbonyl (C=O) groups excluding carboxylic acids is 1. The van der Waals surface area contributed by atoms with Crippen molar-refractivity contribution in [3.63, 3.8) is 0 Å². The van der Waals surface area contributed by atoms with Crippen molar-refractivity contribution in [1.82, 2.24) is 0 Å². The molecule has 0 spiro atoms. The number of carbonyl (C=O) groups is 1. The summed E-state index contributed by atoms with van der Waals surface area (Å²) in [6, 6.07) is 0. The van der Waals surface area contributed by atoms with Crippen molar-refractivity contribution in [2.45, 2.75) is 9.88 Å². The van der Waals surface area contributed by atoms with E-state index in [1.54, 1.807) is 0 Å². The van der Waals surface area contributed by atoms with E-state index in [2.05, 4.69) is 21.5 Å². The first-order valence-corrected chi connectivity index (χ1v) is 10.2. The van der Waals surface area contributed by atoms with Gasteiger partial charge >= 0.3 is 31.0 Å². The van der Waals surface area contributed by atoms with E-state index in [9.17, 15) is 0 Å². The van der Waals surface area contributed by atoms with Gasteiger partial charge in [-0.2, -0.15) is 0 Å². The van der Waals surface area contributed by atoms with Crippen LogP contribution in [0.5, 0.6) is 0 Å². The summed E-state index contributed by atoms with van der Waals surface area (Å²) in [5, 5.41) is 0. The summed E-state index contributed by atoms with van der Waals surface area (Å²) < 4.78 is 24.1. The summed E-state index contributed by atoms with van der Waals surface area (Å²) in [4.78, 5) is 13.2. The fraction of sp³-hybridized carbons (Fsp3) is 0.667. The van der Waals surface area contributed by atoms with E-state index in [1.807, 2.05) is 0 Å². The Labute approximate surface area is 77.0 Å². The Morgan fingerprint density at radius 2 is 1.50 bits per heavy atom. The molecular weight excluding hydrogens is 286 g/mol. The second kappa shape index (κ2) is 22.6. The van der Waals surface area contributed by atoms with Gasteiger partial charge in [-0.3, -0.25) is 4.79 Å². The summed E-state index contributed by atoms with van der Waals surface area (Å²) in [7, 11) is -2.86. The fourth-order valence-electron chi connectivity index (χ4n) is 0. The van der Waals surface area contributed by atoms with Crippen LogP contribution in [-0.2, 0) is 24.2 Å². The van der Waals surface area contributed by atoms with Gasteiger partial charge in [0.1, 0.15) is 0 Å². The predicted molar refractivity (Wildman–Crippen MR) is 42.8 cm³/mol. The van der Waals surface area contributed by atoms with Crippen LogP contribution in [0.25, 0.3) is 0 Å². The van der Waals surface area contributed by atoms with Gasteiger partial charge in [0.25, 0.3) is 0 Å². The summed E-state index contributed by atoms with van der Waals surface area (Å²) >= 11 is 4.43. The van der Waals surface area contributed by atoms with Gasteiger partial charge in [0.05, 0.1) is 0 Å². The van der Waals surface area contributed by atoms with Crippen LogP contribution in [0.4, 0.5) is 0 Å². The molecule has 4 nitrogen and oxygen atoms in total. The van der Waals surface area contributed by atoms with Crippen LogP contribution < -0.4 is 0 Å². The molecule has 0 aromatic heterocycles. The third kappa shape index (κ3) is 1140. The van der Waals surface area contributed by atoms with Crippen LogP contribution in [0.3, 0.4) is 0 Å². The molecule has 0 aromatic rings. The molecule has 0 saturated carbocycles. The molecule has 7 heteroatoms. The van der Waals surface area contributed by atoms with Crippen molar-refractivity contribution in [1.29, 1.82) is 0 Å². The van der Waals surface area contributed by atoms with E-state index >= 15 is 0 Å². The molecule has 0 heterocycles. The number of rotatable bonds is 0. The van der Waals surface area contributed by atoms with Gasteiger partial charge in [0, 0.05) is 11.0 Å². The Balaban J connectivity index is -0.0000000750. The monoisotopic (exact) mass is 296 g/mol. The third-order valence-electron chi connectivity index (χ3n) is 0. The molecule has 0 aromatic carbocycles. The first-order valence-electron chi connectivity index (χ1n) is 2.12. The molecule has 0 radical (unpaired) electrons. The second-order valence-corrected chi connectivity index (χ2v) is 4.79. The molecule has 0 bridgehead atoms. The maximum absolute atomic E-state index is 8.57. The van der Waals surface area contributed by atoms with Gasteiger partial charge in [0.2, 0.25) is 5.75 Å². The zero-order valence-electron chi connectivity index (χ0n) is 5.61. The van der Waals surface area contributed by atoms with Gasteiger partial charge in [-0.1, -0.05) is 0 Å². The van der Waals surface area contributed by atoms with Crippen LogP contribution in [0.1, 0.15) is 0 Å². The first kappa shape index (κ1) is 17.0. The van der Waals surface area contributed by atoms with Crippen molar-refractivity contribution in [2.75, 3.05) is 0 Å². The second-order valence-electron chi connectivity index (χ2n) is 0.884. The van der Waals surface area contributed by atoms with E-state index < -0.39 is 11.0 Å². The summed E-state index contributed by atoms with van der Waals surface area (Å²) in [6.45, 7) is 0. The topological polar surface area (TPSA) is 71.4 Å². The van der Waals surface area contributed by atoms with Gasteiger partial charge in [-0.05, 0) is 11.6 Å². The van der Waals surface area contributed by atoms with Gasteiger partial charge in [-0.15, -0.1) is 0 Å². The first-order chi connectivity index (χ1) is 4.56. The Morgan fingerprint density at radius 1 is 1.50 bits per heavy atom. The zero-order valence-corrected chi connectivity index (χ0v) is 10.5. The Kier molecular flexibility index (Phi) is 38.3. The summed E-state index contributed by atoms with van der Waals surface area (Å²) in [5.41, 5.74) is 0. The third-order valence-corrected chi connectivity index (χ3v) is 0. The maximum atomic E-state index is 8.57. The summed E-state index contributed by atoms with van der Waals surface area (Å²) in [5.74, 6) is 0.222. The van der Waals surface area contributed by atoms with E-state index in [-0.39, 0.29) is 26.9 Å². The van der Waals surface area contributed by atoms with Gasteiger partial charge < -0.3 is 13.0 Å². The average molecular weight is 295 g/mol. The zero-order chi connectivity index (χ0) is 8.99. The van der Waals surface area contributed by atoms with Crippen molar-refractivity contribution in [2.24, 2.45) is 0 Å². The normalized spacial score (nSPS) is 6.10. The standard InChI is InChI=1S/CHClO.2CH3.HO3S.Sn.H/c2-1-3;;;1-4(2)3;;/h1H;2*1H3;(H,1,2,3);;/q;;;-1;+1;. The van der Waals surface area contributed by atoms with Crippen molar-refractivity contribution in [3.05, 3.63) is 0 Å². The van der Waals surface area contributed by atoms with Gasteiger partial charge in [-0.25, -0.2) is 0 Å². The Bertz CT molecular complexity index is 107. The van der Waals surface area contributed by atoms with E-state index in [4.69, 9.17) is 17.8 Å². The molecule has 0 saturated heterocycles. The van der Waals surface area contributed by atoms with E-state index in [0.29, 0.717) is 0 Å². The molecular formula is C3H9ClO4SSn. The van der Waals surface area contributed by atoms with Crippen molar-refractivity contribution < 1.29 is 17.8 Å². The van der Waals surface area contributed by atoms with E-state index in [0.717, 1.165) is 0 Å². The molecule has 0 rings (SSSR count). The van der Waals surface area contributed by atoms with Gasteiger partial charge in [0.15, 0.2) is 0 Å².